The van der Waals surface area contributed by atoms with Gasteiger partial charge in [-0.05, 0) is 50.4 Å². The molecule has 2 aliphatic rings. The molecule has 188 valence electrons. The molecule has 1 aromatic carbocycles. The van der Waals surface area contributed by atoms with Gasteiger partial charge in [-0.25, -0.2) is 9.97 Å². The van der Waals surface area contributed by atoms with Gasteiger partial charge in [0.25, 0.3) is 0 Å². The topological polar surface area (TPSA) is 81.4 Å². The second kappa shape index (κ2) is 10.5. The highest BCUT2D eigenvalue weighted by molar-refractivity contribution is 7.10. The number of thiazole rings is 1. The van der Waals surface area contributed by atoms with Crippen LogP contribution in [0.2, 0.25) is 0 Å². The molecule has 2 aliphatic heterocycles. The van der Waals surface area contributed by atoms with E-state index < -0.39 is 0 Å². The maximum atomic E-state index is 5.76. The molecule has 2 atom stereocenters. The third-order valence-corrected chi connectivity index (χ3v) is 8.35. The summed E-state index contributed by atoms with van der Waals surface area (Å²) in [5, 5.41) is 4.16. The summed E-state index contributed by atoms with van der Waals surface area (Å²) in [4.78, 5) is 18.6. The Labute approximate surface area is 218 Å². The SMILES string of the molecule is CN(CCc1ccc2c(c1)OCCO2)CC1CCCC(c2nccs2)N1c1nc(-n2ccnc2)ns1. The molecular formula is C25H29N7O2S2. The number of hydrogen-bond donors (Lipinski definition) is 0. The second-order valence-electron chi connectivity index (χ2n) is 9.22. The number of likely N-dealkylation sites (N-methyl/N-ethyl adjacent to an activating group) is 1. The van der Waals surface area contributed by atoms with E-state index in [1.165, 1.54) is 23.5 Å². The molecule has 3 aromatic heterocycles. The molecule has 9 nitrogen and oxygen atoms in total. The number of hydrogen-bond acceptors (Lipinski definition) is 10. The predicted octanol–water partition coefficient (Wildman–Crippen LogP) is 4.23. The molecule has 0 amide bonds. The van der Waals surface area contributed by atoms with Crippen LogP contribution in [0.3, 0.4) is 0 Å². The Hall–Kier alpha value is -3.02. The zero-order valence-corrected chi connectivity index (χ0v) is 21.8. The third-order valence-electron chi connectivity index (χ3n) is 6.75. The van der Waals surface area contributed by atoms with Crippen molar-refractivity contribution in [1.82, 2.24) is 28.8 Å². The van der Waals surface area contributed by atoms with Gasteiger partial charge in [-0.15, -0.1) is 11.3 Å². The van der Waals surface area contributed by atoms with Crippen molar-refractivity contribution in [2.45, 2.75) is 37.8 Å². The Morgan fingerprint density at radius 2 is 2.06 bits per heavy atom. The molecule has 11 heteroatoms. The molecule has 0 spiro atoms. The van der Waals surface area contributed by atoms with Crippen molar-refractivity contribution in [2.75, 3.05) is 38.3 Å². The summed E-state index contributed by atoms with van der Waals surface area (Å²) in [5.74, 6) is 2.37. The van der Waals surface area contributed by atoms with Crippen molar-refractivity contribution >= 4 is 28.0 Å². The van der Waals surface area contributed by atoms with Gasteiger partial charge in [0.15, 0.2) is 11.5 Å². The van der Waals surface area contributed by atoms with Crippen molar-refractivity contribution in [3.05, 3.63) is 59.1 Å². The van der Waals surface area contributed by atoms with E-state index in [4.69, 9.17) is 14.5 Å². The fourth-order valence-electron chi connectivity index (χ4n) is 5.00. The van der Waals surface area contributed by atoms with Gasteiger partial charge in [0, 0.05) is 54.6 Å². The van der Waals surface area contributed by atoms with E-state index in [0.29, 0.717) is 25.2 Å². The van der Waals surface area contributed by atoms with E-state index in [2.05, 4.69) is 48.7 Å². The van der Waals surface area contributed by atoms with Crippen LogP contribution in [0.5, 0.6) is 11.5 Å². The highest BCUT2D eigenvalue weighted by Gasteiger charge is 2.36. The van der Waals surface area contributed by atoms with E-state index >= 15 is 0 Å². The number of benzene rings is 1. The molecule has 0 N–H and O–H groups in total. The van der Waals surface area contributed by atoms with Gasteiger partial charge in [0.1, 0.15) is 24.5 Å². The van der Waals surface area contributed by atoms with Crippen LogP contribution in [0.4, 0.5) is 5.13 Å². The summed E-state index contributed by atoms with van der Waals surface area (Å²) in [6.45, 7) is 3.14. The number of anilines is 1. The minimum absolute atomic E-state index is 0.221. The van der Waals surface area contributed by atoms with E-state index in [0.717, 1.165) is 54.0 Å². The minimum Gasteiger partial charge on any atom is -0.486 e. The average molecular weight is 524 g/mol. The van der Waals surface area contributed by atoms with Crippen LogP contribution in [0.15, 0.2) is 48.5 Å². The predicted molar refractivity (Wildman–Crippen MR) is 141 cm³/mol. The molecule has 36 heavy (non-hydrogen) atoms. The Morgan fingerprint density at radius 3 is 2.89 bits per heavy atom. The molecule has 0 radical (unpaired) electrons. The molecule has 1 fully saturated rings. The number of rotatable bonds is 8. The van der Waals surface area contributed by atoms with Crippen LogP contribution < -0.4 is 14.4 Å². The first-order chi connectivity index (χ1) is 17.7. The maximum absolute atomic E-state index is 5.76. The summed E-state index contributed by atoms with van der Waals surface area (Å²) in [6, 6.07) is 6.84. The average Bonchev–Trinajstić information content (AvgIpc) is 3.69. The summed E-state index contributed by atoms with van der Waals surface area (Å²) in [5.41, 5.74) is 1.27. The first-order valence-electron chi connectivity index (χ1n) is 12.3. The first-order valence-corrected chi connectivity index (χ1v) is 14.0. The highest BCUT2D eigenvalue weighted by atomic mass is 32.1. The van der Waals surface area contributed by atoms with Crippen LogP contribution in [0.1, 0.15) is 35.9 Å². The van der Waals surface area contributed by atoms with Crippen LogP contribution in [0.25, 0.3) is 5.95 Å². The van der Waals surface area contributed by atoms with Crippen LogP contribution in [0, 0.1) is 0 Å². The number of ether oxygens (including phenoxy) is 2. The van der Waals surface area contributed by atoms with Gasteiger partial charge in [0.2, 0.25) is 11.1 Å². The van der Waals surface area contributed by atoms with E-state index in [-0.39, 0.29) is 6.04 Å². The van der Waals surface area contributed by atoms with Gasteiger partial charge in [-0.2, -0.15) is 9.36 Å². The Morgan fingerprint density at radius 1 is 1.14 bits per heavy atom. The first kappa shape index (κ1) is 23.4. The van der Waals surface area contributed by atoms with Crippen LogP contribution >= 0.6 is 22.9 Å². The lowest BCUT2D eigenvalue weighted by atomic mass is 9.95. The number of aromatic nitrogens is 5. The van der Waals surface area contributed by atoms with Gasteiger partial charge in [-0.1, -0.05) is 6.07 Å². The van der Waals surface area contributed by atoms with Gasteiger partial charge < -0.3 is 19.3 Å². The molecule has 2 unspecified atom stereocenters. The summed E-state index contributed by atoms with van der Waals surface area (Å²) < 4.78 is 17.9. The molecule has 4 aromatic rings. The molecule has 1 saturated heterocycles. The van der Waals surface area contributed by atoms with Crippen molar-refractivity contribution in [2.24, 2.45) is 0 Å². The van der Waals surface area contributed by atoms with Crippen LogP contribution in [-0.4, -0.2) is 68.2 Å². The Bertz CT molecular complexity index is 1260. The summed E-state index contributed by atoms with van der Waals surface area (Å²) >= 11 is 3.18. The van der Waals surface area contributed by atoms with Crippen LogP contribution in [-0.2, 0) is 6.42 Å². The molecular weight excluding hydrogens is 494 g/mol. The van der Waals surface area contributed by atoms with E-state index in [9.17, 15) is 0 Å². The highest BCUT2D eigenvalue weighted by Crippen LogP contribution is 2.40. The lowest BCUT2D eigenvalue weighted by Gasteiger charge is -2.42. The Kier molecular flexibility index (Phi) is 6.84. The zero-order chi connectivity index (χ0) is 24.3. The molecule has 0 saturated carbocycles. The largest absolute Gasteiger partial charge is 0.486 e. The third kappa shape index (κ3) is 4.95. The standard InChI is InChI=1S/C25H29N7O2S2/c1-30(10-7-18-5-6-21-22(15-18)34-13-12-33-21)16-19-3-2-4-20(23-27-9-14-35-23)32(19)25-28-24(29-36-25)31-11-8-26-17-31/h5-6,8-9,11,14-15,17,19-20H,2-4,7,10,12-13,16H2,1H3. The Balaban J connectivity index is 1.18. The van der Waals surface area contributed by atoms with Crippen molar-refractivity contribution in [3.8, 4) is 17.4 Å². The minimum atomic E-state index is 0.221. The number of imidazole rings is 1. The quantitative estimate of drug-likeness (QED) is 0.340. The van der Waals surface area contributed by atoms with Gasteiger partial charge in [0.05, 0.1) is 6.04 Å². The van der Waals surface area contributed by atoms with Crippen molar-refractivity contribution in [3.63, 3.8) is 0 Å². The van der Waals surface area contributed by atoms with Gasteiger partial charge in [-0.3, -0.25) is 4.57 Å². The maximum Gasteiger partial charge on any atom is 0.248 e. The molecule has 5 heterocycles. The fourth-order valence-corrected chi connectivity index (χ4v) is 6.56. The van der Waals surface area contributed by atoms with E-state index in [1.807, 2.05) is 23.0 Å². The smallest absolute Gasteiger partial charge is 0.248 e. The monoisotopic (exact) mass is 523 g/mol. The molecule has 0 aliphatic carbocycles. The van der Waals surface area contributed by atoms with Crippen molar-refractivity contribution < 1.29 is 9.47 Å². The number of nitrogens with zero attached hydrogens (tertiary/aromatic N) is 7. The number of fused-ring (bicyclic) bond motifs is 1. The number of piperidine rings is 1. The fraction of sp³-hybridized carbons (Fsp3) is 0.440. The van der Waals surface area contributed by atoms with Gasteiger partial charge >= 0.3 is 0 Å². The normalized spacial score (nSPS) is 19.7. The molecule has 6 rings (SSSR count). The van der Waals surface area contributed by atoms with Crippen molar-refractivity contribution in [1.29, 1.82) is 0 Å². The molecule has 0 bridgehead atoms. The van der Waals surface area contributed by atoms with E-state index in [1.54, 1.807) is 23.9 Å². The second-order valence-corrected chi connectivity index (χ2v) is 10.9. The lowest BCUT2D eigenvalue weighted by molar-refractivity contribution is 0.171. The summed E-state index contributed by atoms with van der Waals surface area (Å²) in [6.07, 6.45) is 11.6. The summed E-state index contributed by atoms with van der Waals surface area (Å²) in [7, 11) is 2.21. The zero-order valence-electron chi connectivity index (χ0n) is 20.2. The lowest BCUT2D eigenvalue weighted by Crippen LogP contribution is -2.48.